The van der Waals surface area contributed by atoms with Gasteiger partial charge in [0.05, 0.1) is 12.2 Å². The summed E-state index contributed by atoms with van der Waals surface area (Å²) in [4.78, 5) is 23.9. The van der Waals surface area contributed by atoms with Gasteiger partial charge >= 0.3 is 5.97 Å². The Hall–Kier alpha value is -2.93. The Kier molecular flexibility index (Phi) is 8.15. The van der Waals surface area contributed by atoms with Crippen LogP contribution >= 0.6 is 12.2 Å². The Morgan fingerprint density at radius 2 is 1.90 bits per heavy atom. The second-order valence-electron chi connectivity index (χ2n) is 6.77. The van der Waals surface area contributed by atoms with E-state index in [4.69, 9.17) is 21.7 Å². The Morgan fingerprint density at radius 3 is 2.55 bits per heavy atom. The normalized spacial score (nSPS) is 10.4. The second-order valence-corrected chi connectivity index (χ2v) is 7.17. The minimum Gasteiger partial charge on any atom is -0.484 e. The largest absolute Gasteiger partial charge is 0.484 e. The first-order valence-corrected chi connectivity index (χ1v) is 9.82. The summed E-state index contributed by atoms with van der Waals surface area (Å²) in [5.74, 6) is 0.258. The number of hydrogen-bond acceptors (Lipinski definition) is 5. The van der Waals surface area contributed by atoms with Crippen LogP contribution in [0, 0.1) is 6.92 Å². The van der Waals surface area contributed by atoms with Crippen LogP contribution in [0.2, 0.25) is 0 Å². The van der Waals surface area contributed by atoms with Gasteiger partial charge in [-0.1, -0.05) is 26.0 Å². The van der Waals surface area contributed by atoms with E-state index in [2.05, 4.69) is 24.5 Å². The van der Waals surface area contributed by atoms with E-state index in [0.717, 1.165) is 5.56 Å². The van der Waals surface area contributed by atoms with Crippen LogP contribution in [0.4, 0.5) is 5.69 Å². The Labute approximate surface area is 176 Å². The van der Waals surface area contributed by atoms with Gasteiger partial charge in [0, 0.05) is 5.69 Å². The number of ether oxygens (including phenoxy) is 2. The molecule has 2 rings (SSSR count). The minimum absolute atomic E-state index is 0.117. The lowest BCUT2D eigenvalue weighted by Gasteiger charge is -2.13. The molecule has 2 aromatic carbocycles. The first-order chi connectivity index (χ1) is 13.8. The van der Waals surface area contributed by atoms with E-state index in [-0.39, 0.29) is 17.6 Å². The highest BCUT2D eigenvalue weighted by Crippen LogP contribution is 2.23. The molecule has 0 bridgehead atoms. The minimum atomic E-state index is -0.418. The number of carbonyl (C=O) groups is 2. The van der Waals surface area contributed by atoms with Crippen LogP contribution in [0.15, 0.2) is 42.5 Å². The van der Waals surface area contributed by atoms with Crippen LogP contribution in [0.3, 0.4) is 0 Å². The molecule has 154 valence electrons. The molecule has 0 aliphatic heterocycles. The zero-order chi connectivity index (χ0) is 21.4. The number of rotatable bonds is 7. The van der Waals surface area contributed by atoms with E-state index in [1.54, 1.807) is 31.2 Å². The van der Waals surface area contributed by atoms with E-state index in [1.165, 1.54) is 5.56 Å². The number of anilines is 1. The number of amides is 1. The van der Waals surface area contributed by atoms with Gasteiger partial charge in [-0.15, -0.1) is 0 Å². The molecular formula is C22H26N2O4S. The molecule has 7 heteroatoms. The summed E-state index contributed by atoms with van der Waals surface area (Å²) in [7, 11) is 0. The molecule has 0 atom stereocenters. The molecule has 1 amide bonds. The Balaban J connectivity index is 1.86. The van der Waals surface area contributed by atoms with Crippen LogP contribution in [0.5, 0.6) is 5.75 Å². The van der Waals surface area contributed by atoms with E-state index in [9.17, 15) is 9.59 Å². The van der Waals surface area contributed by atoms with Gasteiger partial charge in [-0.3, -0.25) is 10.1 Å². The zero-order valence-corrected chi connectivity index (χ0v) is 17.9. The molecule has 0 aliphatic carbocycles. The number of benzene rings is 2. The van der Waals surface area contributed by atoms with Crippen molar-refractivity contribution in [2.45, 2.75) is 33.6 Å². The number of aryl methyl sites for hydroxylation is 1. The van der Waals surface area contributed by atoms with Crippen LogP contribution in [-0.4, -0.2) is 30.2 Å². The van der Waals surface area contributed by atoms with Gasteiger partial charge in [0.2, 0.25) is 0 Å². The van der Waals surface area contributed by atoms with Gasteiger partial charge in [0.1, 0.15) is 5.75 Å². The van der Waals surface area contributed by atoms with Crippen molar-refractivity contribution in [1.82, 2.24) is 5.32 Å². The molecule has 0 aliphatic rings. The van der Waals surface area contributed by atoms with Crippen molar-refractivity contribution >= 4 is 34.9 Å². The highest BCUT2D eigenvalue weighted by Gasteiger charge is 2.10. The SMILES string of the molecule is CCOC(=O)c1cccc(NC(=S)NC(=O)COc2ccc(C(C)C)c(C)c2)c1. The summed E-state index contributed by atoms with van der Waals surface area (Å²) in [6.07, 6.45) is 0. The predicted molar refractivity (Wildman–Crippen MR) is 118 cm³/mol. The van der Waals surface area contributed by atoms with E-state index in [0.29, 0.717) is 29.5 Å². The maximum absolute atomic E-state index is 12.1. The topological polar surface area (TPSA) is 76.7 Å². The first kappa shape index (κ1) is 22.4. The summed E-state index contributed by atoms with van der Waals surface area (Å²) in [6, 6.07) is 12.5. The lowest BCUT2D eigenvalue weighted by Crippen LogP contribution is -2.37. The second kappa shape index (κ2) is 10.6. The third-order valence-electron chi connectivity index (χ3n) is 4.12. The summed E-state index contributed by atoms with van der Waals surface area (Å²) in [5, 5.41) is 5.55. The Bertz CT molecular complexity index is 896. The average molecular weight is 415 g/mol. The average Bonchev–Trinajstić information content (AvgIpc) is 2.66. The van der Waals surface area contributed by atoms with Gasteiger partial charge in [-0.2, -0.15) is 0 Å². The zero-order valence-electron chi connectivity index (χ0n) is 17.1. The first-order valence-electron chi connectivity index (χ1n) is 9.41. The fraction of sp³-hybridized carbons (Fsp3) is 0.318. The van der Waals surface area contributed by atoms with Gasteiger partial charge in [0.25, 0.3) is 5.91 Å². The maximum Gasteiger partial charge on any atom is 0.338 e. The molecule has 0 spiro atoms. The number of thiocarbonyl (C=S) groups is 1. The van der Waals surface area contributed by atoms with Gasteiger partial charge < -0.3 is 14.8 Å². The lowest BCUT2D eigenvalue weighted by molar-refractivity contribution is -0.121. The third-order valence-corrected chi connectivity index (χ3v) is 4.32. The van der Waals surface area contributed by atoms with Crippen molar-refractivity contribution in [2.75, 3.05) is 18.5 Å². The summed E-state index contributed by atoms with van der Waals surface area (Å²) in [5.41, 5.74) is 3.34. The highest BCUT2D eigenvalue weighted by molar-refractivity contribution is 7.80. The number of carbonyl (C=O) groups excluding carboxylic acids is 2. The summed E-state index contributed by atoms with van der Waals surface area (Å²) < 4.78 is 10.5. The molecule has 6 nitrogen and oxygen atoms in total. The molecule has 0 aromatic heterocycles. The molecule has 0 fully saturated rings. The fourth-order valence-corrected chi connectivity index (χ4v) is 3.03. The maximum atomic E-state index is 12.1. The highest BCUT2D eigenvalue weighted by atomic mass is 32.1. The van der Waals surface area contributed by atoms with Gasteiger partial charge in [-0.05, 0) is 73.4 Å². The lowest BCUT2D eigenvalue weighted by atomic mass is 9.98. The van der Waals surface area contributed by atoms with Crippen LogP contribution in [-0.2, 0) is 9.53 Å². The van der Waals surface area contributed by atoms with Crippen molar-refractivity contribution in [1.29, 1.82) is 0 Å². The molecule has 2 aromatic rings. The molecule has 0 unspecified atom stereocenters. The molecule has 29 heavy (non-hydrogen) atoms. The monoisotopic (exact) mass is 414 g/mol. The number of nitrogens with one attached hydrogen (secondary N) is 2. The molecule has 0 saturated carbocycles. The number of hydrogen-bond donors (Lipinski definition) is 2. The molecule has 0 radical (unpaired) electrons. The van der Waals surface area contributed by atoms with E-state index >= 15 is 0 Å². The quantitative estimate of drug-likeness (QED) is 0.523. The summed E-state index contributed by atoms with van der Waals surface area (Å²) >= 11 is 5.16. The van der Waals surface area contributed by atoms with E-state index in [1.807, 2.05) is 25.1 Å². The van der Waals surface area contributed by atoms with Crippen molar-refractivity contribution < 1.29 is 19.1 Å². The van der Waals surface area contributed by atoms with E-state index < -0.39 is 5.97 Å². The smallest absolute Gasteiger partial charge is 0.338 e. The Morgan fingerprint density at radius 1 is 1.14 bits per heavy atom. The van der Waals surface area contributed by atoms with Crippen LogP contribution in [0.25, 0.3) is 0 Å². The van der Waals surface area contributed by atoms with Crippen molar-refractivity contribution in [3.05, 3.63) is 59.2 Å². The van der Waals surface area contributed by atoms with Gasteiger partial charge in [0.15, 0.2) is 11.7 Å². The van der Waals surface area contributed by atoms with Crippen molar-refractivity contribution in [3.63, 3.8) is 0 Å². The molecule has 2 N–H and O–H groups in total. The van der Waals surface area contributed by atoms with Crippen LogP contribution in [0.1, 0.15) is 48.2 Å². The summed E-state index contributed by atoms with van der Waals surface area (Å²) in [6.45, 7) is 8.16. The molecule has 0 heterocycles. The van der Waals surface area contributed by atoms with Crippen LogP contribution < -0.4 is 15.4 Å². The van der Waals surface area contributed by atoms with Crippen molar-refractivity contribution in [2.24, 2.45) is 0 Å². The number of esters is 1. The molecular weight excluding hydrogens is 388 g/mol. The third kappa shape index (κ3) is 6.87. The molecule has 0 saturated heterocycles. The fourth-order valence-electron chi connectivity index (χ4n) is 2.80. The predicted octanol–water partition coefficient (Wildman–Crippen LogP) is 4.19. The van der Waals surface area contributed by atoms with Crippen molar-refractivity contribution in [3.8, 4) is 5.75 Å². The van der Waals surface area contributed by atoms with Gasteiger partial charge in [-0.25, -0.2) is 4.79 Å². The standard InChI is InChI=1S/C22H26N2O4S/c1-5-27-21(26)16-7-6-8-17(12-16)23-22(29)24-20(25)13-28-18-9-10-19(14(2)3)15(4)11-18/h6-12,14H,5,13H2,1-4H3,(H2,23,24,25,29).